The van der Waals surface area contributed by atoms with Gasteiger partial charge < -0.3 is 14.8 Å². The summed E-state index contributed by atoms with van der Waals surface area (Å²) in [4.78, 5) is 6.86. The lowest BCUT2D eigenvalue weighted by Gasteiger charge is -2.25. The summed E-state index contributed by atoms with van der Waals surface area (Å²) >= 11 is 0. The summed E-state index contributed by atoms with van der Waals surface area (Å²) in [6.45, 7) is 8.79. The molecule has 2 rings (SSSR count). The summed E-state index contributed by atoms with van der Waals surface area (Å²) in [7, 11) is 2.12. The number of anilines is 1. The molecular formula is C12H20N4. The zero-order valence-corrected chi connectivity index (χ0v) is 10.1. The molecule has 1 N–H and O–H groups in total. The number of rotatable bonds is 4. The van der Waals surface area contributed by atoms with Gasteiger partial charge in [0.15, 0.2) is 0 Å². The van der Waals surface area contributed by atoms with E-state index in [1.54, 1.807) is 0 Å². The van der Waals surface area contributed by atoms with Crippen molar-refractivity contribution >= 4 is 5.95 Å². The Hall–Kier alpha value is -1.29. The van der Waals surface area contributed by atoms with E-state index in [0.29, 0.717) is 6.04 Å². The number of imidazole rings is 1. The molecule has 0 spiro atoms. The van der Waals surface area contributed by atoms with Gasteiger partial charge in [-0.05, 0) is 19.9 Å². The Bertz CT molecular complexity index is 363. The van der Waals surface area contributed by atoms with Crippen LogP contribution in [0.4, 0.5) is 5.95 Å². The number of hydrogen-bond acceptors (Lipinski definition) is 3. The zero-order chi connectivity index (χ0) is 11.5. The van der Waals surface area contributed by atoms with Crippen molar-refractivity contribution in [2.75, 3.05) is 25.0 Å². The van der Waals surface area contributed by atoms with Crippen molar-refractivity contribution in [3.8, 4) is 0 Å². The van der Waals surface area contributed by atoms with Crippen molar-refractivity contribution in [3.63, 3.8) is 0 Å². The Morgan fingerprint density at radius 2 is 2.56 bits per heavy atom. The summed E-state index contributed by atoms with van der Waals surface area (Å²) in [5.74, 6) is 1.05. The van der Waals surface area contributed by atoms with Crippen LogP contribution in [0.25, 0.3) is 0 Å². The van der Waals surface area contributed by atoms with Crippen LogP contribution in [0.15, 0.2) is 18.9 Å². The topological polar surface area (TPSA) is 33.1 Å². The van der Waals surface area contributed by atoms with Crippen LogP contribution in [0.5, 0.6) is 0 Å². The fraction of sp³-hybridized carbons (Fsp3) is 0.583. The molecule has 4 heteroatoms. The molecule has 0 amide bonds. The smallest absolute Gasteiger partial charge is 0.206 e. The minimum atomic E-state index is 0.561. The van der Waals surface area contributed by atoms with Gasteiger partial charge in [-0.2, -0.15) is 0 Å². The maximum absolute atomic E-state index is 4.59. The first-order valence-electron chi connectivity index (χ1n) is 5.80. The van der Waals surface area contributed by atoms with Gasteiger partial charge in [0.1, 0.15) is 0 Å². The SMILES string of the molecule is C=CCn1cc(C)nc1N(C)C1CCNC1. The standard InChI is InChI=1S/C12H20N4/c1-4-7-16-9-10(2)14-12(16)15(3)11-5-6-13-8-11/h4,9,11,13H,1,5-8H2,2-3H3. The Morgan fingerprint density at radius 1 is 1.75 bits per heavy atom. The normalized spacial score (nSPS) is 20.0. The summed E-state index contributed by atoms with van der Waals surface area (Å²) in [5.41, 5.74) is 1.06. The zero-order valence-electron chi connectivity index (χ0n) is 10.1. The molecular weight excluding hydrogens is 200 g/mol. The quantitative estimate of drug-likeness (QED) is 0.773. The first-order valence-corrected chi connectivity index (χ1v) is 5.80. The second-order valence-corrected chi connectivity index (χ2v) is 4.38. The lowest BCUT2D eigenvalue weighted by molar-refractivity contribution is 0.646. The molecule has 0 aromatic carbocycles. The molecule has 1 unspecified atom stereocenters. The third kappa shape index (κ3) is 2.11. The average Bonchev–Trinajstić information content (AvgIpc) is 2.87. The molecule has 1 aliphatic heterocycles. The number of likely N-dealkylation sites (N-methyl/N-ethyl adjacent to an activating group) is 1. The van der Waals surface area contributed by atoms with Gasteiger partial charge in [0.05, 0.1) is 5.69 Å². The van der Waals surface area contributed by atoms with Crippen molar-refractivity contribution in [1.82, 2.24) is 14.9 Å². The minimum absolute atomic E-state index is 0.561. The molecule has 88 valence electrons. The van der Waals surface area contributed by atoms with E-state index in [1.165, 1.54) is 6.42 Å². The van der Waals surface area contributed by atoms with Gasteiger partial charge in [-0.25, -0.2) is 4.98 Å². The number of allylic oxidation sites excluding steroid dienone is 1. The molecule has 1 fully saturated rings. The maximum atomic E-state index is 4.59. The maximum Gasteiger partial charge on any atom is 0.206 e. The number of nitrogens with zero attached hydrogens (tertiary/aromatic N) is 3. The summed E-state index contributed by atoms with van der Waals surface area (Å²) in [6, 6.07) is 0.561. The fourth-order valence-corrected chi connectivity index (χ4v) is 2.22. The Kier molecular flexibility index (Phi) is 3.29. The van der Waals surface area contributed by atoms with Crippen molar-refractivity contribution in [1.29, 1.82) is 0 Å². The minimum Gasteiger partial charge on any atom is -0.341 e. The molecule has 1 aliphatic rings. The van der Waals surface area contributed by atoms with Gasteiger partial charge in [-0.1, -0.05) is 6.08 Å². The molecule has 1 saturated heterocycles. The predicted molar refractivity (Wildman–Crippen MR) is 66.8 cm³/mol. The monoisotopic (exact) mass is 220 g/mol. The Morgan fingerprint density at radius 3 is 3.19 bits per heavy atom. The van der Waals surface area contributed by atoms with Gasteiger partial charge in [0, 0.05) is 32.4 Å². The van der Waals surface area contributed by atoms with E-state index in [9.17, 15) is 0 Å². The third-order valence-electron chi connectivity index (χ3n) is 3.10. The molecule has 1 aromatic heterocycles. The van der Waals surface area contributed by atoms with Crippen LogP contribution in [-0.4, -0.2) is 35.7 Å². The summed E-state index contributed by atoms with van der Waals surface area (Å²) in [6.07, 6.45) is 5.18. The molecule has 2 heterocycles. The highest BCUT2D eigenvalue weighted by atomic mass is 15.3. The van der Waals surface area contributed by atoms with Crippen LogP contribution in [0.1, 0.15) is 12.1 Å². The van der Waals surface area contributed by atoms with E-state index in [-0.39, 0.29) is 0 Å². The van der Waals surface area contributed by atoms with Gasteiger partial charge in [0.25, 0.3) is 0 Å². The van der Waals surface area contributed by atoms with E-state index in [0.717, 1.165) is 31.3 Å². The van der Waals surface area contributed by atoms with E-state index in [2.05, 4.69) is 39.6 Å². The number of hydrogen-bond donors (Lipinski definition) is 1. The van der Waals surface area contributed by atoms with Crippen molar-refractivity contribution in [3.05, 3.63) is 24.5 Å². The molecule has 4 nitrogen and oxygen atoms in total. The molecule has 1 aromatic rings. The third-order valence-corrected chi connectivity index (χ3v) is 3.10. The van der Waals surface area contributed by atoms with Crippen molar-refractivity contribution in [2.45, 2.75) is 25.9 Å². The molecule has 1 atom stereocenters. The highest BCUT2D eigenvalue weighted by molar-refractivity contribution is 5.34. The van der Waals surface area contributed by atoms with E-state index in [4.69, 9.17) is 0 Å². The Balaban J connectivity index is 2.20. The van der Waals surface area contributed by atoms with Crippen molar-refractivity contribution in [2.24, 2.45) is 0 Å². The largest absolute Gasteiger partial charge is 0.341 e. The highest BCUT2D eigenvalue weighted by Gasteiger charge is 2.22. The van der Waals surface area contributed by atoms with Crippen LogP contribution in [-0.2, 0) is 6.54 Å². The van der Waals surface area contributed by atoms with E-state index >= 15 is 0 Å². The average molecular weight is 220 g/mol. The summed E-state index contributed by atoms with van der Waals surface area (Å²) in [5, 5.41) is 3.38. The predicted octanol–water partition coefficient (Wildman–Crippen LogP) is 1.18. The lowest BCUT2D eigenvalue weighted by atomic mass is 10.2. The first-order chi connectivity index (χ1) is 7.72. The molecule has 0 aliphatic carbocycles. The second kappa shape index (κ2) is 4.70. The van der Waals surface area contributed by atoms with Crippen LogP contribution in [0, 0.1) is 6.92 Å². The van der Waals surface area contributed by atoms with Crippen LogP contribution in [0.3, 0.4) is 0 Å². The van der Waals surface area contributed by atoms with Crippen molar-refractivity contribution < 1.29 is 0 Å². The molecule has 16 heavy (non-hydrogen) atoms. The number of aryl methyl sites for hydroxylation is 1. The number of nitrogens with one attached hydrogen (secondary N) is 1. The van der Waals surface area contributed by atoms with Gasteiger partial charge in [-0.3, -0.25) is 0 Å². The second-order valence-electron chi connectivity index (χ2n) is 4.38. The lowest BCUT2D eigenvalue weighted by Crippen LogP contribution is -2.35. The van der Waals surface area contributed by atoms with Gasteiger partial charge in [0.2, 0.25) is 5.95 Å². The fourth-order valence-electron chi connectivity index (χ4n) is 2.22. The summed E-state index contributed by atoms with van der Waals surface area (Å²) < 4.78 is 2.15. The molecule has 0 bridgehead atoms. The number of aromatic nitrogens is 2. The Labute approximate surface area is 97.0 Å². The van der Waals surface area contributed by atoms with Crippen LogP contribution >= 0.6 is 0 Å². The van der Waals surface area contributed by atoms with E-state index < -0.39 is 0 Å². The van der Waals surface area contributed by atoms with E-state index in [1.807, 2.05) is 13.0 Å². The first kappa shape index (κ1) is 11.2. The van der Waals surface area contributed by atoms with Crippen LogP contribution < -0.4 is 10.2 Å². The van der Waals surface area contributed by atoms with Crippen LogP contribution in [0.2, 0.25) is 0 Å². The van der Waals surface area contributed by atoms with Gasteiger partial charge >= 0.3 is 0 Å². The molecule has 0 radical (unpaired) electrons. The molecule has 0 saturated carbocycles. The highest BCUT2D eigenvalue weighted by Crippen LogP contribution is 2.18. The van der Waals surface area contributed by atoms with Gasteiger partial charge in [-0.15, -0.1) is 6.58 Å².